The predicted molar refractivity (Wildman–Crippen MR) is 67.2 cm³/mol. The van der Waals surface area contributed by atoms with Crippen molar-refractivity contribution in [2.24, 2.45) is 5.73 Å². The van der Waals surface area contributed by atoms with E-state index in [-0.39, 0.29) is 17.9 Å². The highest BCUT2D eigenvalue weighted by Crippen LogP contribution is 2.19. The van der Waals surface area contributed by atoms with Crippen LogP contribution < -0.4 is 11.1 Å². The lowest BCUT2D eigenvalue weighted by Crippen LogP contribution is -2.50. The summed E-state index contributed by atoms with van der Waals surface area (Å²) >= 11 is 0. The van der Waals surface area contributed by atoms with Gasteiger partial charge < -0.3 is 11.1 Å². The maximum absolute atomic E-state index is 12.8. The minimum absolute atomic E-state index is 0.0614. The van der Waals surface area contributed by atoms with Crippen LogP contribution in [-0.2, 0) is 0 Å². The van der Waals surface area contributed by atoms with Crippen LogP contribution in [0.25, 0.3) is 0 Å². The predicted octanol–water partition coefficient (Wildman–Crippen LogP) is 1.12. The summed E-state index contributed by atoms with van der Waals surface area (Å²) < 4.78 is 12.8. The summed E-state index contributed by atoms with van der Waals surface area (Å²) in [6.45, 7) is 6.21. The van der Waals surface area contributed by atoms with Crippen LogP contribution in [-0.4, -0.2) is 37.1 Å². The summed E-state index contributed by atoms with van der Waals surface area (Å²) in [4.78, 5) is 2.38. The molecule has 1 aromatic rings. The molecule has 0 aromatic heterocycles. The normalized spacial score (nSPS) is 21.1. The topological polar surface area (TPSA) is 41.3 Å². The van der Waals surface area contributed by atoms with Gasteiger partial charge in [-0.15, -0.1) is 0 Å². The molecule has 1 aliphatic heterocycles. The molecule has 1 aliphatic rings. The molecule has 2 rings (SSSR count). The highest BCUT2D eigenvalue weighted by atomic mass is 19.1. The van der Waals surface area contributed by atoms with E-state index in [1.807, 2.05) is 0 Å². The molecule has 0 bridgehead atoms. The monoisotopic (exact) mass is 237 g/mol. The largest absolute Gasteiger partial charge is 0.323 e. The quantitative estimate of drug-likeness (QED) is 0.827. The lowest BCUT2D eigenvalue weighted by molar-refractivity contribution is 0.163. The molecule has 17 heavy (non-hydrogen) atoms. The summed E-state index contributed by atoms with van der Waals surface area (Å²) in [7, 11) is 0. The van der Waals surface area contributed by atoms with Gasteiger partial charge in [-0.3, -0.25) is 4.90 Å². The first kappa shape index (κ1) is 12.5. The van der Waals surface area contributed by atoms with Crippen molar-refractivity contribution in [1.82, 2.24) is 10.2 Å². The Morgan fingerprint density at radius 2 is 1.82 bits per heavy atom. The standard InChI is InChI=1S/C13H20FN3/c1-10(17-8-6-16-7-9-17)13(15)11-2-4-12(14)5-3-11/h2-5,10,13,16H,6-9,15H2,1H3. The Balaban J connectivity index is 2.02. The van der Waals surface area contributed by atoms with E-state index in [4.69, 9.17) is 5.73 Å². The van der Waals surface area contributed by atoms with Crippen molar-refractivity contribution in [1.29, 1.82) is 0 Å². The van der Waals surface area contributed by atoms with Crippen LogP contribution >= 0.6 is 0 Å². The molecule has 1 aromatic carbocycles. The van der Waals surface area contributed by atoms with Gasteiger partial charge >= 0.3 is 0 Å². The maximum Gasteiger partial charge on any atom is 0.123 e. The number of nitrogens with one attached hydrogen (secondary N) is 1. The lowest BCUT2D eigenvalue weighted by Gasteiger charge is -2.36. The van der Waals surface area contributed by atoms with Crippen LogP contribution in [0.4, 0.5) is 4.39 Å². The Morgan fingerprint density at radius 3 is 2.41 bits per heavy atom. The zero-order valence-corrected chi connectivity index (χ0v) is 10.2. The molecule has 3 nitrogen and oxygen atoms in total. The highest BCUT2D eigenvalue weighted by molar-refractivity contribution is 5.21. The number of rotatable bonds is 3. The molecular weight excluding hydrogens is 217 g/mol. The second-order valence-corrected chi connectivity index (χ2v) is 4.60. The van der Waals surface area contributed by atoms with E-state index in [0.29, 0.717) is 0 Å². The molecule has 1 saturated heterocycles. The van der Waals surface area contributed by atoms with E-state index < -0.39 is 0 Å². The summed E-state index contributed by atoms with van der Waals surface area (Å²) in [6.07, 6.45) is 0. The smallest absolute Gasteiger partial charge is 0.123 e. The van der Waals surface area contributed by atoms with Crippen LogP contribution in [0.1, 0.15) is 18.5 Å². The van der Waals surface area contributed by atoms with Crippen molar-refractivity contribution in [2.45, 2.75) is 19.0 Å². The molecule has 2 atom stereocenters. The number of hydrogen-bond acceptors (Lipinski definition) is 3. The van der Waals surface area contributed by atoms with Gasteiger partial charge in [0.2, 0.25) is 0 Å². The zero-order valence-electron chi connectivity index (χ0n) is 10.2. The molecule has 1 fully saturated rings. The molecule has 3 N–H and O–H groups in total. The van der Waals surface area contributed by atoms with Crippen LogP contribution in [0, 0.1) is 5.82 Å². The third-order valence-electron chi connectivity index (χ3n) is 3.50. The van der Waals surface area contributed by atoms with Crippen molar-refractivity contribution < 1.29 is 4.39 Å². The molecule has 0 radical (unpaired) electrons. The minimum atomic E-state index is -0.212. The molecule has 0 aliphatic carbocycles. The van der Waals surface area contributed by atoms with E-state index in [2.05, 4.69) is 17.1 Å². The first-order valence-corrected chi connectivity index (χ1v) is 6.14. The van der Waals surface area contributed by atoms with Gasteiger partial charge in [0, 0.05) is 38.3 Å². The van der Waals surface area contributed by atoms with Crippen molar-refractivity contribution in [3.63, 3.8) is 0 Å². The Hall–Kier alpha value is -0.970. The SMILES string of the molecule is CC(C(N)c1ccc(F)cc1)N1CCNCC1. The highest BCUT2D eigenvalue weighted by Gasteiger charge is 2.22. The van der Waals surface area contributed by atoms with Crippen molar-refractivity contribution in [3.8, 4) is 0 Å². The van der Waals surface area contributed by atoms with Crippen LogP contribution in [0.2, 0.25) is 0 Å². The van der Waals surface area contributed by atoms with Crippen molar-refractivity contribution in [2.75, 3.05) is 26.2 Å². The first-order chi connectivity index (χ1) is 8.18. The molecular formula is C13H20FN3. The molecule has 1 heterocycles. The molecule has 94 valence electrons. The summed E-state index contributed by atoms with van der Waals surface area (Å²) in [5, 5.41) is 3.32. The molecule has 4 heteroatoms. The molecule has 0 saturated carbocycles. The lowest BCUT2D eigenvalue weighted by atomic mass is 10.00. The fraction of sp³-hybridized carbons (Fsp3) is 0.538. The second kappa shape index (κ2) is 5.58. The maximum atomic E-state index is 12.8. The van der Waals surface area contributed by atoms with Gasteiger partial charge in [-0.2, -0.15) is 0 Å². The fourth-order valence-electron chi connectivity index (χ4n) is 2.28. The summed E-state index contributed by atoms with van der Waals surface area (Å²) in [5.41, 5.74) is 7.23. The Morgan fingerprint density at radius 1 is 1.24 bits per heavy atom. The Labute approximate surface area is 102 Å². The Kier molecular flexibility index (Phi) is 4.10. The summed E-state index contributed by atoms with van der Waals surface area (Å²) in [5.74, 6) is -0.212. The first-order valence-electron chi connectivity index (χ1n) is 6.14. The second-order valence-electron chi connectivity index (χ2n) is 4.60. The van der Waals surface area contributed by atoms with Crippen molar-refractivity contribution in [3.05, 3.63) is 35.6 Å². The fourth-order valence-corrected chi connectivity index (χ4v) is 2.28. The van der Waals surface area contributed by atoms with Gasteiger partial charge in [0.05, 0.1) is 0 Å². The van der Waals surface area contributed by atoms with Gasteiger partial charge in [0.1, 0.15) is 5.82 Å². The number of nitrogens with zero attached hydrogens (tertiary/aromatic N) is 1. The number of piperazine rings is 1. The van der Waals surface area contributed by atoms with Gasteiger partial charge in [-0.05, 0) is 24.6 Å². The average Bonchev–Trinajstić information content (AvgIpc) is 2.39. The van der Waals surface area contributed by atoms with Crippen LogP contribution in [0.3, 0.4) is 0 Å². The van der Waals surface area contributed by atoms with Crippen LogP contribution in [0.5, 0.6) is 0 Å². The number of halogens is 1. The third kappa shape index (κ3) is 3.03. The van der Waals surface area contributed by atoms with E-state index in [1.54, 1.807) is 12.1 Å². The van der Waals surface area contributed by atoms with E-state index in [0.717, 1.165) is 31.7 Å². The molecule has 2 unspecified atom stereocenters. The van der Waals surface area contributed by atoms with Crippen molar-refractivity contribution >= 4 is 0 Å². The molecule has 0 spiro atoms. The Bertz CT molecular complexity index is 346. The minimum Gasteiger partial charge on any atom is -0.323 e. The average molecular weight is 237 g/mol. The van der Waals surface area contributed by atoms with Gasteiger partial charge in [-0.1, -0.05) is 12.1 Å². The summed E-state index contributed by atoms with van der Waals surface area (Å²) in [6, 6.07) is 6.72. The number of benzene rings is 1. The van der Waals surface area contributed by atoms with E-state index >= 15 is 0 Å². The van der Waals surface area contributed by atoms with Gasteiger partial charge in [0.25, 0.3) is 0 Å². The van der Waals surface area contributed by atoms with Crippen LogP contribution in [0.15, 0.2) is 24.3 Å². The van der Waals surface area contributed by atoms with E-state index in [1.165, 1.54) is 12.1 Å². The van der Waals surface area contributed by atoms with Gasteiger partial charge in [-0.25, -0.2) is 4.39 Å². The number of hydrogen-bond donors (Lipinski definition) is 2. The zero-order chi connectivity index (χ0) is 12.3. The number of nitrogens with two attached hydrogens (primary N) is 1. The third-order valence-corrected chi connectivity index (χ3v) is 3.50. The van der Waals surface area contributed by atoms with Gasteiger partial charge in [0.15, 0.2) is 0 Å². The molecule has 0 amide bonds. The van der Waals surface area contributed by atoms with E-state index in [9.17, 15) is 4.39 Å².